The minimum atomic E-state index is 0.224. The minimum absolute atomic E-state index is 0.224. The summed E-state index contributed by atoms with van der Waals surface area (Å²) in [7, 11) is 0. The summed E-state index contributed by atoms with van der Waals surface area (Å²) in [5.41, 5.74) is 9.28. The van der Waals surface area contributed by atoms with Crippen LogP contribution < -0.4 is 0 Å². The SMILES string of the molecule is C/C(=C\c1ccc(C#N)cc1)c1cc2c(cc1C)C(C)(C)CCC2(C)C. The molecule has 0 bridgehead atoms. The van der Waals surface area contributed by atoms with E-state index in [2.05, 4.69) is 65.8 Å². The second-order valence-corrected chi connectivity index (χ2v) is 9.04. The Morgan fingerprint density at radius 1 is 0.962 bits per heavy atom. The molecule has 0 radical (unpaired) electrons. The van der Waals surface area contributed by atoms with Crippen LogP contribution in [0.15, 0.2) is 36.4 Å². The van der Waals surface area contributed by atoms with Gasteiger partial charge in [0.15, 0.2) is 0 Å². The summed E-state index contributed by atoms with van der Waals surface area (Å²) in [6.07, 6.45) is 4.69. The molecule has 1 aliphatic carbocycles. The molecular weight excluding hydrogens is 314 g/mol. The maximum Gasteiger partial charge on any atom is 0.0991 e. The molecule has 0 N–H and O–H groups in total. The molecule has 0 heterocycles. The fraction of sp³-hybridized carbons (Fsp3) is 0.400. The summed E-state index contributed by atoms with van der Waals surface area (Å²) < 4.78 is 0. The highest BCUT2D eigenvalue weighted by atomic mass is 14.4. The molecule has 3 rings (SSSR count). The smallest absolute Gasteiger partial charge is 0.0991 e. The highest BCUT2D eigenvalue weighted by Crippen LogP contribution is 2.47. The van der Waals surface area contributed by atoms with Crippen LogP contribution in [0, 0.1) is 18.3 Å². The maximum absolute atomic E-state index is 8.96. The predicted molar refractivity (Wildman–Crippen MR) is 111 cm³/mol. The molecule has 0 saturated carbocycles. The van der Waals surface area contributed by atoms with Gasteiger partial charge in [-0.05, 0) is 83.0 Å². The monoisotopic (exact) mass is 343 g/mol. The zero-order chi connectivity index (χ0) is 19.1. The van der Waals surface area contributed by atoms with E-state index in [1.807, 2.05) is 24.3 Å². The van der Waals surface area contributed by atoms with Gasteiger partial charge in [0, 0.05) is 0 Å². The fourth-order valence-electron chi connectivity index (χ4n) is 4.13. The van der Waals surface area contributed by atoms with Crippen molar-refractivity contribution in [3.05, 3.63) is 69.8 Å². The first-order chi connectivity index (χ1) is 12.1. The molecule has 0 atom stereocenters. The molecule has 1 heteroatoms. The number of hydrogen-bond donors (Lipinski definition) is 0. The normalized spacial score (nSPS) is 18.1. The van der Waals surface area contributed by atoms with Gasteiger partial charge in [0.05, 0.1) is 11.6 Å². The highest BCUT2D eigenvalue weighted by Gasteiger charge is 2.37. The largest absolute Gasteiger partial charge is 0.192 e. The van der Waals surface area contributed by atoms with Gasteiger partial charge in [-0.25, -0.2) is 0 Å². The van der Waals surface area contributed by atoms with E-state index < -0.39 is 0 Å². The Labute approximate surface area is 158 Å². The van der Waals surface area contributed by atoms with E-state index in [4.69, 9.17) is 5.26 Å². The molecule has 134 valence electrons. The summed E-state index contributed by atoms with van der Waals surface area (Å²) in [4.78, 5) is 0. The quantitative estimate of drug-likeness (QED) is 0.552. The van der Waals surface area contributed by atoms with Gasteiger partial charge < -0.3 is 0 Å². The van der Waals surface area contributed by atoms with Crippen LogP contribution in [0.5, 0.6) is 0 Å². The molecule has 0 fully saturated rings. The van der Waals surface area contributed by atoms with Gasteiger partial charge in [-0.1, -0.05) is 58.0 Å². The third-order valence-electron chi connectivity index (χ3n) is 6.05. The Morgan fingerprint density at radius 2 is 1.50 bits per heavy atom. The molecule has 0 amide bonds. The second-order valence-electron chi connectivity index (χ2n) is 9.04. The van der Waals surface area contributed by atoms with Crippen LogP contribution in [0.2, 0.25) is 0 Å². The average molecular weight is 344 g/mol. The molecule has 0 spiro atoms. The van der Waals surface area contributed by atoms with Gasteiger partial charge in [-0.2, -0.15) is 5.26 Å². The number of fused-ring (bicyclic) bond motifs is 1. The van der Waals surface area contributed by atoms with E-state index >= 15 is 0 Å². The first-order valence-corrected chi connectivity index (χ1v) is 9.48. The number of rotatable bonds is 2. The van der Waals surface area contributed by atoms with Crippen LogP contribution in [0.3, 0.4) is 0 Å². The lowest BCUT2D eigenvalue weighted by atomic mass is 9.62. The maximum atomic E-state index is 8.96. The second kappa shape index (κ2) is 6.44. The number of aryl methyl sites for hydroxylation is 1. The lowest BCUT2D eigenvalue weighted by Gasteiger charge is -2.42. The summed E-state index contributed by atoms with van der Waals surface area (Å²) in [5.74, 6) is 0. The van der Waals surface area contributed by atoms with E-state index in [-0.39, 0.29) is 10.8 Å². The highest BCUT2D eigenvalue weighted by molar-refractivity contribution is 5.82. The Morgan fingerprint density at radius 3 is 2.04 bits per heavy atom. The van der Waals surface area contributed by atoms with Crippen molar-refractivity contribution in [2.75, 3.05) is 0 Å². The lowest BCUT2D eigenvalue weighted by molar-refractivity contribution is 0.331. The Balaban J connectivity index is 2.08. The molecule has 1 aliphatic rings. The van der Waals surface area contributed by atoms with E-state index in [0.29, 0.717) is 5.56 Å². The molecule has 1 nitrogen and oxygen atoms in total. The van der Waals surface area contributed by atoms with Gasteiger partial charge in [0.1, 0.15) is 0 Å². The van der Waals surface area contributed by atoms with Crippen LogP contribution in [0.1, 0.15) is 80.8 Å². The van der Waals surface area contributed by atoms with Gasteiger partial charge in [-0.15, -0.1) is 0 Å². The van der Waals surface area contributed by atoms with Crippen molar-refractivity contribution in [3.8, 4) is 6.07 Å². The van der Waals surface area contributed by atoms with Gasteiger partial charge in [-0.3, -0.25) is 0 Å². The van der Waals surface area contributed by atoms with E-state index in [0.717, 1.165) is 5.56 Å². The molecule has 2 aromatic rings. The number of hydrogen-bond acceptors (Lipinski definition) is 1. The molecule has 2 aromatic carbocycles. The number of benzene rings is 2. The third-order valence-corrected chi connectivity index (χ3v) is 6.05. The van der Waals surface area contributed by atoms with Gasteiger partial charge in [0.2, 0.25) is 0 Å². The first-order valence-electron chi connectivity index (χ1n) is 9.48. The third kappa shape index (κ3) is 3.34. The van der Waals surface area contributed by atoms with Gasteiger partial charge >= 0.3 is 0 Å². The predicted octanol–water partition coefficient (Wildman–Crippen LogP) is 6.78. The number of allylic oxidation sites excluding steroid dienone is 1. The van der Waals surface area contributed by atoms with Crippen LogP contribution in [-0.4, -0.2) is 0 Å². The van der Waals surface area contributed by atoms with Crippen molar-refractivity contribution in [1.29, 1.82) is 5.26 Å². The molecule has 0 aliphatic heterocycles. The minimum Gasteiger partial charge on any atom is -0.192 e. The van der Waals surface area contributed by atoms with Crippen molar-refractivity contribution in [1.82, 2.24) is 0 Å². The van der Waals surface area contributed by atoms with Crippen molar-refractivity contribution >= 4 is 11.6 Å². The van der Waals surface area contributed by atoms with Crippen molar-refractivity contribution < 1.29 is 0 Å². The topological polar surface area (TPSA) is 23.8 Å². The first kappa shape index (κ1) is 18.5. The standard InChI is InChI=1S/C25H29N/c1-17(13-19-7-9-20(16-26)10-8-19)21-15-23-22(14-18(21)2)24(3,4)11-12-25(23,5)6/h7-10,13-15H,11-12H2,1-6H3/b17-13+. The van der Waals surface area contributed by atoms with Crippen molar-refractivity contribution in [2.24, 2.45) is 0 Å². The summed E-state index contributed by atoms with van der Waals surface area (Å²) in [5, 5.41) is 8.96. The van der Waals surface area contributed by atoms with Crippen molar-refractivity contribution in [2.45, 2.75) is 65.2 Å². The van der Waals surface area contributed by atoms with Crippen LogP contribution >= 0.6 is 0 Å². The molecule has 0 aromatic heterocycles. The zero-order valence-corrected chi connectivity index (χ0v) is 16.9. The van der Waals surface area contributed by atoms with Crippen molar-refractivity contribution in [3.63, 3.8) is 0 Å². The van der Waals surface area contributed by atoms with E-state index in [1.54, 1.807) is 0 Å². The van der Waals surface area contributed by atoms with Gasteiger partial charge in [0.25, 0.3) is 0 Å². The van der Waals surface area contributed by atoms with Crippen LogP contribution in [0.25, 0.3) is 11.6 Å². The zero-order valence-electron chi connectivity index (χ0n) is 16.9. The van der Waals surface area contributed by atoms with Crippen LogP contribution in [0.4, 0.5) is 0 Å². The number of nitrogens with zero attached hydrogens (tertiary/aromatic N) is 1. The summed E-state index contributed by atoms with van der Waals surface area (Å²) in [6.45, 7) is 13.9. The molecular formula is C25H29N. The fourth-order valence-corrected chi connectivity index (χ4v) is 4.13. The number of nitriles is 1. The van der Waals surface area contributed by atoms with E-state index in [9.17, 15) is 0 Å². The molecule has 0 saturated heterocycles. The summed E-state index contributed by atoms with van der Waals surface area (Å²) in [6, 6.07) is 14.8. The summed E-state index contributed by atoms with van der Waals surface area (Å²) >= 11 is 0. The molecule has 26 heavy (non-hydrogen) atoms. The molecule has 0 unspecified atom stereocenters. The Kier molecular flexibility index (Phi) is 4.57. The Bertz CT molecular complexity index is 902. The van der Waals surface area contributed by atoms with Crippen LogP contribution in [-0.2, 0) is 10.8 Å². The lowest BCUT2D eigenvalue weighted by Crippen LogP contribution is -2.34. The average Bonchev–Trinajstić information content (AvgIpc) is 2.59. The Hall–Kier alpha value is -2.33. The van der Waals surface area contributed by atoms with E-state index in [1.165, 1.54) is 40.7 Å².